The molecule has 1 fully saturated rings. The van der Waals surface area contributed by atoms with Crippen molar-refractivity contribution >= 4 is 11.9 Å². The lowest BCUT2D eigenvalue weighted by molar-refractivity contribution is 0.0302. The van der Waals surface area contributed by atoms with E-state index in [4.69, 9.17) is 4.74 Å². The summed E-state index contributed by atoms with van der Waals surface area (Å²) in [6.45, 7) is 5.96. The fraction of sp³-hybridized carbons (Fsp3) is 0.467. The number of carboxylic acids is 1. The molecule has 0 spiro atoms. The van der Waals surface area contributed by atoms with E-state index in [1.807, 2.05) is 13.8 Å². The topological polar surface area (TPSA) is 66.8 Å². The standard InChI is InChI=1S/C15H19NO4/c1-10(2)13-11(4-3-5-12(13)15(18)19)14(17)16-6-8-20-9-7-16/h3-5,10H,6-9H2,1-2H3,(H,18,19). The normalized spacial score (nSPS) is 15.4. The molecule has 0 saturated carbocycles. The van der Waals surface area contributed by atoms with Crippen LogP contribution in [0.3, 0.4) is 0 Å². The smallest absolute Gasteiger partial charge is 0.335 e. The number of nitrogens with zero attached hydrogens (tertiary/aromatic N) is 1. The minimum absolute atomic E-state index is 0.0257. The Bertz CT molecular complexity index is 519. The summed E-state index contributed by atoms with van der Waals surface area (Å²) in [5.41, 5.74) is 1.30. The van der Waals surface area contributed by atoms with Gasteiger partial charge < -0.3 is 14.7 Å². The van der Waals surface area contributed by atoms with Crippen molar-refractivity contribution in [3.05, 3.63) is 34.9 Å². The van der Waals surface area contributed by atoms with Crippen LogP contribution in [0.15, 0.2) is 18.2 Å². The second-order valence-corrected chi connectivity index (χ2v) is 5.13. The number of ether oxygens (including phenoxy) is 1. The third kappa shape index (κ3) is 2.82. The van der Waals surface area contributed by atoms with E-state index >= 15 is 0 Å². The van der Waals surface area contributed by atoms with Gasteiger partial charge in [0.2, 0.25) is 0 Å². The van der Waals surface area contributed by atoms with Crippen LogP contribution in [-0.4, -0.2) is 48.2 Å². The molecule has 1 saturated heterocycles. The first kappa shape index (κ1) is 14.5. The van der Waals surface area contributed by atoms with Crippen molar-refractivity contribution in [3.63, 3.8) is 0 Å². The fourth-order valence-corrected chi connectivity index (χ4v) is 2.50. The molecule has 1 amide bonds. The Morgan fingerprint density at radius 3 is 2.35 bits per heavy atom. The van der Waals surface area contributed by atoms with E-state index in [1.165, 1.54) is 0 Å². The van der Waals surface area contributed by atoms with Gasteiger partial charge in [-0.25, -0.2) is 4.79 Å². The number of carboxylic acid groups (broad SMARTS) is 1. The highest BCUT2D eigenvalue weighted by atomic mass is 16.5. The quantitative estimate of drug-likeness (QED) is 0.917. The van der Waals surface area contributed by atoms with Crippen LogP contribution < -0.4 is 0 Å². The first-order chi connectivity index (χ1) is 9.52. The van der Waals surface area contributed by atoms with Crippen molar-refractivity contribution in [2.45, 2.75) is 19.8 Å². The molecule has 1 aromatic carbocycles. The molecule has 1 N–H and O–H groups in total. The fourth-order valence-electron chi connectivity index (χ4n) is 2.50. The number of morpholine rings is 1. The van der Waals surface area contributed by atoms with Crippen LogP contribution in [0.4, 0.5) is 0 Å². The summed E-state index contributed by atoms with van der Waals surface area (Å²) < 4.78 is 5.24. The van der Waals surface area contributed by atoms with E-state index in [0.717, 1.165) is 0 Å². The highest BCUT2D eigenvalue weighted by molar-refractivity contribution is 6.00. The number of carbonyl (C=O) groups excluding carboxylic acids is 1. The van der Waals surface area contributed by atoms with Gasteiger partial charge in [0.05, 0.1) is 18.8 Å². The van der Waals surface area contributed by atoms with E-state index in [-0.39, 0.29) is 17.4 Å². The summed E-state index contributed by atoms with van der Waals surface area (Å²) in [5.74, 6) is -1.13. The maximum absolute atomic E-state index is 12.6. The zero-order valence-electron chi connectivity index (χ0n) is 11.8. The van der Waals surface area contributed by atoms with Crippen molar-refractivity contribution in [2.75, 3.05) is 26.3 Å². The molecule has 0 atom stereocenters. The summed E-state index contributed by atoms with van der Waals surface area (Å²) in [6.07, 6.45) is 0. The Balaban J connectivity index is 2.42. The van der Waals surface area contributed by atoms with Crippen LogP contribution >= 0.6 is 0 Å². The van der Waals surface area contributed by atoms with Gasteiger partial charge in [-0.15, -0.1) is 0 Å². The van der Waals surface area contributed by atoms with Gasteiger partial charge in [0, 0.05) is 18.7 Å². The molecule has 20 heavy (non-hydrogen) atoms. The minimum Gasteiger partial charge on any atom is -0.478 e. The van der Waals surface area contributed by atoms with Crippen LogP contribution in [0.1, 0.15) is 46.0 Å². The number of hydrogen-bond acceptors (Lipinski definition) is 3. The third-order valence-corrected chi connectivity index (χ3v) is 3.44. The first-order valence-corrected chi connectivity index (χ1v) is 6.75. The predicted molar refractivity (Wildman–Crippen MR) is 74.2 cm³/mol. The van der Waals surface area contributed by atoms with Gasteiger partial charge in [-0.3, -0.25) is 4.79 Å². The highest BCUT2D eigenvalue weighted by Gasteiger charge is 2.25. The lowest BCUT2D eigenvalue weighted by Crippen LogP contribution is -2.41. The second-order valence-electron chi connectivity index (χ2n) is 5.13. The van der Waals surface area contributed by atoms with Gasteiger partial charge in [-0.1, -0.05) is 19.9 Å². The SMILES string of the molecule is CC(C)c1c(C(=O)O)cccc1C(=O)N1CCOCC1. The van der Waals surface area contributed by atoms with Gasteiger partial charge in [0.1, 0.15) is 0 Å². The summed E-state index contributed by atoms with van der Waals surface area (Å²) in [6, 6.07) is 4.89. The molecule has 108 valence electrons. The van der Waals surface area contributed by atoms with Crippen LogP contribution in [0.5, 0.6) is 0 Å². The summed E-state index contributed by atoms with van der Waals surface area (Å²) >= 11 is 0. The number of benzene rings is 1. The van der Waals surface area contributed by atoms with E-state index in [2.05, 4.69) is 0 Å². The van der Waals surface area contributed by atoms with Gasteiger partial charge >= 0.3 is 5.97 Å². The Morgan fingerprint density at radius 2 is 1.80 bits per heavy atom. The van der Waals surface area contributed by atoms with Crippen molar-refractivity contribution in [1.29, 1.82) is 0 Å². The molecule has 1 heterocycles. The Morgan fingerprint density at radius 1 is 1.20 bits per heavy atom. The van der Waals surface area contributed by atoms with Crippen molar-refractivity contribution in [2.24, 2.45) is 0 Å². The zero-order valence-corrected chi connectivity index (χ0v) is 11.8. The van der Waals surface area contributed by atoms with Crippen LogP contribution in [-0.2, 0) is 4.74 Å². The minimum atomic E-state index is -0.995. The van der Waals surface area contributed by atoms with E-state index in [9.17, 15) is 14.7 Å². The molecule has 1 aromatic rings. The lowest BCUT2D eigenvalue weighted by Gasteiger charge is -2.28. The average molecular weight is 277 g/mol. The largest absolute Gasteiger partial charge is 0.478 e. The molecule has 5 heteroatoms. The molecule has 0 unspecified atom stereocenters. The molecule has 0 bridgehead atoms. The maximum Gasteiger partial charge on any atom is 0.335 e. The highest BCUT2D eigenvalue weighted by Crippen LogP contribution is 2.25. The molecule has 1 aliphatic heterocycles. The number of carbonyl (C=O) groups is 2. The zero-order chi connectivity index (χ0) is 14.7. The molecule has 1 aliphatic rings. The second kappa shape index (κ2) is 6.05. The third-order valence-electron chi connectivity index (χ3n) is 3.44. The molecule has 0 aromatic heterocycles. The number of amides is 1. The van der Waals surface area contributed by atoms with Crippen LogP contribution in [0.2, 0.25) is 0 Å². The van der Waals surface area contributed by atoms with Gasteiger partial charge in [0.25, 0.3) is 5.91 Å². The van der Waals surface area contributed by atoms with Crippen molar-refractivity contribution in [3.8, 4) is 0 Å². The molecular weight excluding hydrogens is 258 g/mol. The van der Waals surface area contributed by atoms with Crippen LogP contribution in [0, 0.1) is 0 Å². The summed E-state index contributed by atoms with van der Waals surface area (Å²) in [7, 11) is 0. The Labute approximate surface area is 118 Å². The van der Waals surface area contributed by atoms with E-state index < -0.39 is 5.97 Å². The first-order valence-electron chi connectivity index (χ1n) is 6.75. The van der Waals surface area contributed by atoms with Gasteiger partial charge in [-0.2, -0.15) is 0 Å². The van der Waals surface area contributed by atoms with Gasteiger partial charge in [-0.05, 0) is 23.6 Å². The number of aromatic carboxylic acids is 1. The molecule has 0 aliphatic carbocycles. The summed E-state index contributed by atoms with van der Waals surface area (Å²) in [4.78, 5) is 25.6. The number of hydrogen-bond donors (Lipinski definition) is 1. The Hall–Kier alpha value is -1.88. The molecule has 2 rings (SSSR count). The lowest BCUT2D eigenvalue weighted by atomic mass is 9.91. The van der Waals surface area contributed by atoms with E-state index in [1.54, 1.807) is 23.1 Å². The predicted octanol–water partition coefficient (Wildman–Crippen LogP) is 1.98. The molecule has 0 radical (unpaired) electrons. The monoisotopic (exact) mass is 277 g/mol. The molecular formula is C15H19NO4. The van der Waals surface area contributed by atoms with Crippen LogP contribution in [0.25, 0.3) is 0 Å². The summed E-state index contributed by atoms with van der Waals surface area (Å²) in [5, 5.41) is 9.29. The van der Waals surface area contributed by atoms with Crippen molar-refractivity contribution in [1.82, 2.24) is 4.90 Å². The average Bonchev–Trinajstić information content (AvgIpc) is 2.46. The van der Waals surface area contributed by atoms with Crippen molar-refractivity contribution < 1.29 is 19.4 Å². The molecule has 5 nitrogen and oxygen atoms in total. The Kier molecular flexibility index (Phi) is 4.39. The van der Waals surface area contributed by atoms with E-state index in [0.29, 0.717) is 37.4 Å². The van der Waals surface area contributed by atoms with Gasteiger partial charge in [0.15, 0.2) is 0 Å². The number of rotatable bonds is 3. The maximum atomic E-state index is 12.6.